The minimum Gasteiger partial charge on any atom is -0.350 e. The third kappa shape index (κ3) is 8.16. The van der Waals surface area contributed by atoms with E-state index in [1.807, 2.05) is 65.0 Å². The van der Waals surface area contributed by atoms with Gasteiger partial charge in [0.05, 0.1) is 10.6 Å². The van der Waals surface area contributed by atoms with Gasteiger partial charge in [0.2, 0.25) is 11.8 Å². The molecule has 0 bridgehead atoms. The zero-order chi connectivity index (χ0) is 29.0. The summed E-state index contributed by atoms with van der Waals surface area (Å²) >= 11 is 3.46. The van der Waals surface area contributed by atoms with Crippen molar-refractivity contribution in [2.75, 3.05) is 10.8 Å². The van der Waals surface area contributed by atoms with Gasteiger partial charge in [0.15, 0.2) is 0 Å². The maximum atomic E-state index is 14.0. The Kier molecular flexibility index (Phi) is 9.61. The number of anilines is 1. The molecule has 2 amide bonds. The van der Waals surface area contributed by atoms with E-state index in [0.29, 0.717) is 5.69 Å². The Morgan fingerprint density at radius 1 is 0.923 bits per heavy atom. The fourth-order valence-corrected chi connectivity index (χ4v) is 6.10. The molecule has 0 saturated heterocycles. The molecule has 7 nitrogen and oxygen atoms in total. The second-order valence-corrected chi connectivity index (χ2v) is 13.5. The van der Waals surface area contributed by atoms with Crippen LogP contribution in [0.4, 0.5) is 5.69 Å². The maximum Gasteiger partial charge on any atom is 0.264 e. The summed E-state index contributed by atoms with van der Waals surface area (Å²) in [6, 6.07) is 20.1. The summed E-state index contributed by atoms with van der Waals surface area (Å²) in [4.78, 5) is 28.7. The highest BCUT2D eigenvalue weighted by Crippen LogP contribution is 2.27. The number of aryl methyl sites for hydroxylation is 2. The van der Waals surface area contributed by atoms with E-state index >= 15 is 0 Å². The number of halogens is 1. The Balaban J connectivity index is 2.06. The van der Waals surface area contributed by atoms with Crippen LogP contribution in [0.3, 0.4) is 0 Å². The van der Waals surface area contributed by atoms with Crippen molar-refractivity contribution in [3.05, 3.63) is 94.0 Å². The first kappa shape index (κ1) is 30.4. The molecule has 0 aromatic heterocycles. The molecule has 0 heterocycles. The van der Waals surface area contributed by atoms with Crippen LogP contribution in [0.2, 0.25) is 0 Å². The van der Waals surface area contributed by atoms with Crippen molar-refractivity contribution in [2.45, 2.75) is 64.6 Å². The van der Waals surface area contributed by atoms with Crippen LogP contribution in [0, 0.1) is 13.8 Å². The second kappa shape index (κ2) is 12.3. The largest absolute Gasteiger partial charge is 0.350 e. The molecular formula is C30H36BrN3O4S. The predicted molar refractivity (Wildman–Crippen MR) is 159 cm³/mol. The highest BCUT2D eigenvalue weighted by molar-refractivity contribution is 9.10. The Bertz CT molecular complexity index is 1420. The minimum atomic E-state index is -4.09. The van der Waals surface area contributed by atoms with E-state index < -0.39 is 34.1 Å². The summed E-state index contributed by atoms with van der Waals surface area (Å²) in [5.74, 6) is -0.820. The molecule has 3 aromatic carbocycles. The molecule has 0 aliphatic carbocycles. The third-order valence-electron chi connectivity index (χ3n) is 6.01. The highest BCUT2D eigenvalue weighted by Gasteiger charge is 2.33. The fourth-order valence-electron chi connectivity index (χ4n) is 4.23. The molecule has 0 saturated carbocycles. The van der Waals surface area contributed by atoms with E-state index in [2.05, 4.69) is 21.2 Å². The second-order valence-electron chi connectivity index (χ2n) is 10.7. The van der Waals surface area contributed by atoms with Crippen LogP contribution in [-0.2, 0) is 26.2 Å². The molecule has 0 aliphatic rings. The Hall–Kier alpha value is -3.17. The first-order chi connectivity index (χ1) is 18.2. The number of sulfonamides is 1. The van der Waals surface area contributed by atoms with Crippen molar-refractivity contribution in [1.82, 2.24) is 10.2 Å². The standard InChI is InChI=1S/C30H36BrN3O4S/c1-21-15-22(2)17-26(16-21)34(39(37,38)27-13-8-7-9-14-27)20-28(35)33(19-24-11-10-12-25(31)18-24)23(3)29(36)32-30(4,5)6/h7-18,23H,19-20H2,1-6H3,(H,32,36)/t23-/m1/s1. The van der Waals surface area contributed by atoms with Crippen molar-refractivity contribution >= 4 is 43.5 Å². The Labute approximate surface area is 240 Å². The van der Waals surface area contributed by atoms with Gasteiger partial charge in [-0.1, -0.05) is 52.3 Å². The molecule has 208 valence electrons. The molecule has 0 radical (unpaired) electrons. The van der Waals surface area contributed by atoms with Gasteiger partial charge in [-0.2, -0.15) is 0 Å². The summed E-state index contributed by atoms with van der Waals surface area (Å²) in [5.41, 5.74) is 2.43. The first-order valence-corrected chi connectivity index (χ1v) is 14.9. The van der Waals surface area contributed by atoms with Gasteiger partial charge in [-0.15, -0.1) is 0 Å². The molecule has 0 fully saturated rings. The number of nitrogens with zero attached hydrogens (tertiary/aromatic N) is 2. The SMILES string of the molecule is Cc1cc(C)cc(N(CC(=O)N(Cc2cccc(Br)c2)[C@H](C)C(=O)NC(C)(C)C)S(=O)(=O)c2ccccc2)c1. The first-order valence-electron chi connectivity index (χ1n) is 12.7. The fraction of sp³-hybridized carbons (Fsp3) is 0.333. The van der Waals surface area contributed by atoms with Gasteiger partial charge in [0.25, 0.3) is 10.0 Å². The molecule has 9 heteroatoms. The monoisotopic (exact) mass is 613 g/mol. The number of nitrogens with one attached hydrogen (secondary N) is 1. The molecule has 1 atom stereocenters. The van der Waals surface area contributed by atoms with Crippen LogP contribution < -0.4 is 9.62 Å². The molecular weight excluding hydrogens is 578 g/mol. The van der Waals surface area contributed by atoms with Crippen LogP contribution in [0.5, 0.6) is 0 Å². The Morgan fingerprint density at radius 3 is 2.10 bits per heavy atom. The zero-order valence-electron chi connectivity index (χ0n) is 23.2. The smallest absolute Gasteiger partial charge is 0.264 e. The third-order valence-corrected chi connectivity index (χ3v) is 8.29. The lowest BCUT2D eigenvalue weighted by molar-refractivity contribution is -0.140. The van der Waals surface area contributed by atoms with Crippen LogP contribution >= 0.6 is 15.9 Å². The number of carbonyl (C=O) groups is 2. The van der Waals surface area contributed by atoms with Crippen molar-refractivity contribution < 1.29 is 18.0 Å². The van der Waals surface area contributed by atoms with Gasteiger partial charge in [-0.05, 0) is 94.6 Å². The summed E-state index contributed by atoms with van der Waals surface area (Å²) in [7, 11) is -4.09. The van der Waals surface area contributed by atoms with Gasteiger partial charge in [0.1, 0.15) is 12.6 Å². The molecule has 1 N–H and O–H groups in total. The number of hydrogen-bond donors (Lipinski definition) is 1. The molecule has 3 aromatic rings. The van der Waals surface area contributed by atoms with E-state index in [1.165, 1.54) is 17.0 Å². The topological polar surface area (TPSA) is 86.8 Å². The van der Waals surface area contributed by atoms with Crippen LogP contribution in [0.25, 0.3) is 0 Å². The average molecular weight is 615 g/mol. The molecule has 3 rings (SSSR count). The normalized spacial score (nSPS) is 12.5. The van der Waals surface area contributed by atoms with Crippen molar-refractivity contribution in [3.8, 4) is 0 Å². The van der Waals surface area contributed by atoms with Gasteiger partial charge in [-0.25, -0.2) is 8.42 Å². The van der Waals surface area contributed by atoms with Gasteiger partial charge in [0, 0.05) is 16.6 Å². The zero-order valence-corrected chi connectivity index (χ0v) is 25.6. The van der Waals surface area contributed by atoms with Crippen LogP contribution in [-0.4, -0.2) is 43.3 Å². The Morgan fingerprint density at radius 2 is 1.54 bits per heavy atom. The highest BCUT2D eigenvalue weighted by atomic mass is 79.9. The number of benzene rings is 3. The van der Waals surface area contributed by atoms with Crippen molar-refractivity contribution in [2.24, 2.45) is 0 Å². The van der Waals surface area contributed by atoms with Gasteiger partial charge >= 0.3 is 0 Å². The lowest BCUT2D eigenvalue weighted by Gasteiger charge is -2.33. The van der Waals surface area contributed by atoms with Crippen molar-refractivity contribution in [1.29, 1.82) is 0 Å². The van der Waals surface area contributed by atoms with Crippen LogP contribution in [0.15, 0.2) is 82.2 Å². The summed E-state index contributed by atoms with van der Waals surface area (Å²) in [6.07, 6.45) is 0. The number of hydrogen-bond acceptors (Lipinski definition) is 4. The number of carbonyl (C=O) groups excluding carboxylic acids is 2. The lowest BCUT2D eigenvalue weighted by Crippen LogP contribution is -2.54. The number of amides is 2. The average Bonchev–Trinajstić information content (AvgIpc) is 2.84. The van der Waals surface area contributed by atoms with E-state index in [1.54, 1.807) is 37.3 Å². The van der Waals surface area contributed by atoms with Gasteiger partial charge in [-0.3, -0.25) is 13.9 Å². The molecule has 0 aliphatic heterocycles. The molecule has 0 unspecified atom stereocenters. The minimum absolute atomic E-state index is 0.0778. The summed E-state index contributed by atoms with van der Waals surface area (Å²) in [5, 5.41) is 2.93. The summed E-state index contributed by atoms with van der Waals surface area (Å²) < 4.78 is 29.7. The summed E-state index contributed by atoms with van der Waals surface area (Å²) in [6.45, 7) is 10.7. The number of rotatable bonds is 9. The van der Waals surface area contributed by atoms with Crippen LogP contribution in [0.1, 0.15) is 44.4 Å². The van der Waals surface area contributed by atoms with E-state index in [4.69, 9.17) is 0 Å². The van der Waals surface area contributed by atoms with Crippen molar-refractivity contribution in [3.63, 3.8) is 0 Å². The van der Waals surface area contributed by atoms with E-state index in [9.17, 15) is 18.0 Å². The quantitative estimate of drug-likeness (QED) is 0.341. The molecule has 0 spiro atoms. The van der Waals surface area contributed by atoms with Gasteiger partial charge < -0.3 is 10.2 Å². The van der Waals surface area contributed by atoms with E-state index in [0.717, 1.165) is 25.5 Å². The lowest BCUT2D eigenvalue weighted by atomic mass is 10.1. The van der Waals surface area contributed by atoms with E-state index in [-0.39, 0.29) is 17.3 Å². The molecule has 39 heavy (non-hydrogen) atoms. The predicted octanol–water partition coefficient (Wildman–Crippen LogP) is 5.59. The maximum absolute atomic E-state index is 14.0.